The molecule has 3 amide bonds. The van der Waals surface area contributed by atoms with E-state index in [0.29, 0.717) is 34.7 Å². The van der Waals surface area contributed by atoms with E-state index in [0.717, 1.165) is 5.56 Å². The molecule has 0 bridgehead atoms. The van der Waals surface area contributed by atoms with Crippen molar-refractivity contribution in [2.24, 2.45) is 0 Å². The lowest BCUT2D eigenvalue weighted by atomic mass is 10.0. The van der Waals surface area contributed by atoms with Crippen molar-refractivity contribution in [3.63, 3.8) is 0 Å². The molecule has 0 fully saturated rings. The number of urea groups is 1. The maximum absolute atomic E-state index is 12.9. The van der Waals surface area contributed by atoms with Gasteiger partial charge in [-0.15, -0.1) is 0 Å². The summed E-state index contributed by atoms with van der Waals surface area (Å²) >= 11 is 0. The summed E-state index contributed by atoms with van der Waals surface area (Å²) in [4.78, 5) is 24.5. The molecule has 0 heterocycles. The second kappa shape index (κ2) is 11.8. The number of rotatable bonds is 9. The quantitative estimate of drug-likeness (QED) is 0.379. The topological polar surface area (TPSA) is 88.7 Å². The summed E-state index contributed by atoms with van der Waals surface area (Å²) in [5.41, 5.74) is 2.66. The molecule has 0 aliphatic rings. The number of halogens is 2. The zero-order valence-electron chi connectivity index (χ0n) is 19.6. The minimum absolute atomic E-state index is 0.0125. The van der Waals surface area contributed by atoms with Crippen LogP contribution in [0.15, 0.2) is 66.7 Å². The van der Waals surface area contributed by atoms with Crippen LogP contribution in [0, 0.1) is 0 Å². The molecule has 3 rings (SSSR count). The highest BCUT2D eigenvalue weighted by atomic mass is 19.3. The molecule has 0 spiro atoms. The molecule has 3 aromatic rings. The van der Waals surface area contributed by atoms with Gasteiger partial charge < -0.3 is 25.4 Å². The molecule has 0 unspecified atom stereocenters. The molecule has 0 aliphatic heterocycles. The standard InChI is InChI=1S/C26H27F2N3O4/c1-16(2)30-26(33)29-15-17-4-6-19(7-5-17)24(32)31-20-10-13-23(35-25(27)28)22(14-20)18-8-11-21(34-3)12-9-18/h4-14,16,25H,15H2,1-3H3,(H,31,32)(H2,29,30,33). The molecule has 0 aliphatic carbocycles. The highest BCUT2D eigenvalue weighted by Crippen LogP contribution is 2.34. The lowest BCUT2D eigenvalue weighted by Gasteiger charge is -2.14. The van der Waals surface area contributed by atoms with Gasteiger partial charge in [-0.05, 0) is 67.4 Å². The van der Waals surface area contributed by atoms with Crippen LogP contribution >= 0.6 is 0 Å². The van der Waals surface area contributed by atoms with E-state index in [-0.39, 0.29) is 23.7 Å². The molecule has 35 heavy (non-hydrogen) atoms. The highest BCUT2D eigenvalue weighted by Gasteiger charge is 2.14. The van der Waals surface area contributed by atoms with Crippen LogP contribution in [0.3, 0.4) is 0 Å². The predicted octanol–water partition coefficient (Wildman–Crippen LogP) is 5.42. The Morgan fingerprint density at radius 2 is 1.63 bits per heavy atom. The summed E-state index contributed by atoms with van der Waals surface area (Å²) in [6.45, 7) is 1.06. The van der Waals surface area contributed by atoms with Gasteiger partial charge in [0.25, 0.3) is 5.91 Å². The van der Waals surface area contributed by atoms with Crippen molar-refractivity contribution < 1.29 is 27.8 Å². The van der Waals surface area contributed by atoms with Gasteiger partial charge in [0.05, 0.1) is 7.11 Å². The SMILES string of the molecule is COc1ccc(-c2cc(NC(=O)c3ccc(CNC(=O)NC(C)C)cc3)ccc2OC(F)F)cc1. The number of hydrogen-bond acceptors (Lipinski definition) is 4. The molecule has 0 saturated heterocycles. The predicted molar refractivity (Wildman–Crippen MR) is 130 cm³/mol. The Morgan fingerprint density at radius 3 is 2.23 bits per heavy atom. The summed E-state index contributed by atoms with van der Waals surface area (Å²) in [6.07, 6.45) is 0. The van der Waals surface area contributed by atoms with E-state index in [4.69, 9.17) is 4.74 Å². The van der Waals surface area contributed by atoms with Crippen molar-refractivity contribution in [1.82, 2.24) is 10.6 Å². The smallest absolute Gasteiger partial charge is 0.387 e. The molecule has 3 N–H and O–H groups in total. The normalized spacial score (nSPS) is 10.7. The highest BCUT2D eigenvalue weighted by molar-refractivity contribution is 6.04. The van der Waals surface area contributed by atoms with Gasteiger partial charge in [0, 0.05) is 29.4 Å². The third-order valence-corrected chi connectivity index (χ3v) is 4.94. The van der Waals surface area contributed by atoms with Crippen LogP contribution in [0.1, 0.15) is 29.8 Å². The van der Waals surface area contributed by atoms with Crippen LogP contribution in [-0.2, 0) is 6.54 Å². The van der Waals surface area contributed by atoms with Crippen LogP contribution in [0.5, 0.6) is 11.5 Å². The lowest BCUT2D eigenvalue weighted by Crippen LogP contribution is -2.39. The van der Waals surface area contributed by atoms with Crippen molar-refractivity contribution in [2.75, 3.05) is 12.4 Å². The van der Waals surface area contributed by atoms with Crippen LogP contribution in [0.4, 0.5) is 19.3 Å². The van der Waals surface area contributed by atoms with Gasteiger partial charge in [-0.2, -0.15) is 8.78 Å². The van der Waals surface area contributed by atoms with E-state index in [2.05, 4.69) is 20.7 Å². The van der Waals surface area contributed by atoms with Gasteiger partial charge in [0.1, 0.15) is 11.5 Å². The Kier molecular flexibility index (Phi) is 8.61. The first kappa shape index (κ1) is 25.5. The minimum atomic E-state index is -2.99. The van der Waals surface area contributed by atoms with Gasteiger partial charge in [-0.3, -0.25) is 4.79 Å². The maximum atomic E-state index is 12.9. The largest absolute Gasteiger partial charge is 0.497 e. The van der Waals surface area contributed by atoms with Crippen LogP contribution in [0.25, 0.3) is 11.1 Å². The summed E-state index contributed by atoms with van der Waals surface area (Å²) in [5, 5.41) is 8.25. The molecular formula is C26H27F2N3O4. The third kappa shape index (κ3) is 7.43. The molecule has 9 heteroatoms. The van der Waals surface area contributed by atoms with E-state index >= 15 is 0 Å². The summed E-state index contributed by atoms with van der Waals surface area (Å²) < 4.78 is 35.6. The zero-order chi connectivity index (χ0) is 25.4. The summed E-state index contributed by atoms with van der Waals surface area (Å²) in [6, 6.07) is 17.8. The second-order valence-corrected chi connectivity index (χ2v) is 7.95. The second-order valence-electron chi connectivity index (χ2n) is 7.95. The lowest BCUT2D eigenvalue weighted by molar-refractivity contribution is -0.0494. The molecule has 0 atom stereocenters. The zero-order valence-corrected chi connectivity index (χ0v) is 19.6. The molecule has 184 valence electrons. The van der Waals surface area contributed by atoms with Gasteiger partial charge in [0.15, 0.2) is 0 Å². The number of nitrogens with one attached hydrogen (secondary N) is 3. The Labute approximate surface area is 202 Å². The molecule has 0 radical (unpaired) electrons. The van der Waals surface area contributed by atoms with Gasteiger partial charge >= 0.3 is 12.6 Å². The van der Waals surface area contributed by atoms with Crippen molar-refractivity contribution in [2.45, 2.75) is 33.0 Å². The van der Waals surface area contributed by atoms with Crippen molar-refractivity contribution in [1.29, 1.82) is 0 Å². The monoisotopic (exact) mass is 483 g/mol. The maximum Gasteiger partial charge on any atom is 0.387 e. The molecule has 3 aromatic carbocycles. The first-order chi connectivity index (χ1) is 16.7. The van der Waals surface area contributed by atoms with Crippen LogP contribution in [-0.4, -0.2) is 31.7 Å². The van der Waals surface area contributed by atoms with Crippen molar-refractivity contribution in [3.05, 3.63) is 77.9 Å². The fraction of sp³-hybridized carbons (Fsp3) is 0.231. The number of carbonyl (C=O) groups is 2. The van der Waals surface area contributed by atoms with E-state index in [1.807, 2.05) is 13.8 Å². The minimum Gasteiger partial charge on any atom is -0.497 e. The van der Waals surface area contributed by atoms with Gasteiger partial charge in [-0.25, -0.2) is 4.79 Å². The number of hydrogen-bond donors (Lipinski definition) is 3. The number of benzene rings is 3. The summed E-state index contributed by atoms with van der Waals surface area (Å²) in [7, 11) is 1.53. The number of amides is 3. The number of alkyl halides is 2. The Balaban J connectivity index is 1.73. The molecule has 0 aromatic heterocycles. The number of anilines is 1. The first-order valence-electron chi connectivity index (χ1n) is 10.9. The Morgan fingerprint density at radius 1 is 0.943 bits per heavy atom. The number of methoxy groups -OCH3 is 1. The van der Waals surface area contributed by atoms with Crippen LogP contribution in [0.2, 0.25) is 0 Å². The average Bonchev–Trinajstić information content (AvgIpc) is 2.83. The Bertz CT molecular complexity index is 1150. The van der Waals surface area contributed by atoms with Crippen molar-refractivity contribution in [3.8, 4) is 22.6 Å². The van der Waals surface area contributed by atoms with Crippen LogP contribution < -0.4 is 25.4 Å². The van der Waals surface area contributed by atoms with Crippen molar-refractivity contribution >= 4 is 17.6 Å². The molecular weight excluding hydrogens is 456 g/mol. The average molecular weight is 484 g/mol. The van der Waals surface area contributed by atoms with Gasteiger partial charge in [-0.1, -0.05) is 24.3 Å². The fourth-order valence-corrected chi connectivity index (χ4v) is 3.28. The molecule has 7 nitrogen and oxygen atoms in total. The fourth-order valence-electron chi connectivity index (χ4n) is 3.28. The number of ether oxygens (including phenoxy) is 2. The third-order valence-electron chi connectivity index (χ3n) is 4.94. The van der Waals surface area contributed by atoms with E-state index < -0.39 is 6.61 Å². The van der Waals surface area contributed by atoms with E-state index in [1.165, 1.54) is 19.2 Å². The molecule has 0 saturated carbocycles. The van der Waals surface area contributed by atoms with E-state index in [1.54, 1.807) is 54.6 Å². The summed E-state index contributed by atoms with van der Waals surface area (Å²) in [5.74, 6) is 0.237. The van der Waals surface area contributed by atoms with E-state index in [9.17, 15) is 18.4 Å². The number of carbonyl (C=O) groups excluding carboxylic acids is 2. The van der Waals surface area contributed by atoms with Gasteiger partial charge in [0.2, 0.25) is 0 Å². The first-order valence-corrected chi connectivity index (χ1v) is 10.9. The Hall–Kier alpha value is -4.14.